The summed E-state index contributed by atoms with van der Waals surface area (Å²) in [7, 11) is -3.76. The Morgan fingerprint density at radius 3 is 2.74 bits per heavy atom. The minimum atomic E-state index is -3.76. The number of halogens is 1. The third-order valence-corrected chi connectivity index (χ3v) is 8.43. The summed E-state index contributed by atoms with van der Waals surface area (Å²) in [6.45, 7) is 2.07. The van der Waals surface area contributed by atoms with Gasteiger partial charge in [-0.3, -0.25) is 4.72 Å². The highest BCUT2D eigenvalue weighted by atomic mass is 35.5. The zero-order chi connectivity index (χ0) is 23.4. The number of sulfonamides is 1. The average molecular weight is 495 g/mol. The third kappa shape index (κ3) is 3.60. The van der Waals surface area contributed by atoms with Gasteiger partial charge in [0.25, 0.3) is 10.0 Å². The summed E-state index contributed by atoms with van der Waals surface area (Å²) in [5.41, 5.74) is 4.34. The van der Waals surface area contributed by atoms with Gasteiger partial charge < -0.3 is 14.8 Å². The molecule has 2 N–H and O–H groups in total. The largest absolute Gasteiger partial charge is 0.454 e. The second kappa shape index (κ2) is 7.96. The highest BCUT2D eigenvalue weighted by Gasteiger charge is 2.39. The fraction of sp³-hybridized carbons (Fsp3) is 0.231. The van der Waals surface area contributed by atoms with Crippen LogP contribution in [0.5, 0.6) is 11.5 Å². The van der Waals surface area contributed by atoms with Crippen LogP contribution in [-0.2, 0) is 10.0 Å². The fourth-order valence-electron chi connectivity index (χ4n) is 5.12. The lowest BCUT2D eigenvalue weighted by Crippen LogP contribution is -2.29. The van der Waals surface area contributed by atoms with Crippen molar-refractivity contribution in [2.75, 3.05) is 16.8 Å². The number of hydrogen-bond acceptors (Lipinski definition) is 5. The molecule has 0 saturated carbocycles. The second-order valence-corrected chi connectivity index (χ2v) is 11.0. The maximum absolute atomic E-state index is 13.2. The molecule has 3 atom stereocenters. The Labute approximate surface area is 203 Å². The van der Waals surface area contributed by atoms with Crippen LogP contribution in [0.3, 0.4) is 0 Å². The number of aryl methyl sites for hydroxylation is 1. The standard InChI is InChI=1S/C26H23ClN2O4S/c1-15-11-17(27)6-8-22(15)29-34(30,31)18-7-9-23-21(13-18)19-3-2-4-20(19)26(28-23)16-5-10-24-25(12-16)33-14-32-24/h2-3,5-13,19-20,26,28-29H,4,14H2,1H3/t19-,20+,26+/m0/s1. The van der Waals surface area contributed by atoms with Crippen molar-refractivity contribution in [1.29, 1.82) is 0 Å². The molecule has 3 aromatic carbocycles. The molecule has 0 bridgehead atoms. The van der Waals surface area contributed by atoms with Crippen LogP contribution >= 0.6 is 11.6 Å². The molecule has 6 rings (SSSR count). The molecule has 3 aromatic rings. The summed E-state index contributed by atoms with van der Waals surface area (Å²) in [6.07, 6.45) is 5.29. The lowest BCUT2D eigenvalue weighted by molar-refractivity contribution is 0.174. The highest BCUT2D eigenvalue weighted by molar-refractivity contribution is 7.92. The van der Waals surface area contributed by atoms with Gasteiger partial charge in [-0.2, -0.15) is 0 Å². The predicted molar refractivity (Wildman–Crippen MR) is 132 cm³/mol. The van der Waals surface area contributed by atoms with Crippen molar-refractivity contribution in [1.82, 2.24) is 0 Å². The molecule has 2 heterocycles. The first-order chi connectivity index (χ1) is 16.4. The second-order valence-electron chi connectivity index (χ2n) is 8.90. The minimum absolute atomic E-state index is 0.0827. The third-order valence-electron chi connectivity index (χ3n) is 6.83. The van der Waals surface area contributed by atoms with Crippen molar-refractivity contribution < 1.29 is 17.9 Å². The van der Waals surface area contributed by atoms with Crippen LogP contribution in [0.2, 0.25) is 5.02 Å². The summed E-state index contributed by atoms with van der Waals surface area (Å²) in [5, 5.41) is 4.22. The summed E-state index contributed by atoms with van der Waals surface area (Å²) in [5.74, 6) is 1.92. The fourth-order valence-corrected chi connectivity index (χ4v) is 6.51. The van der Waals surface area contributed by atoms with Gasteiger partial charge in [-0.25, -0.2) is 8.42 Å². The molecule has 8 heteroatoms. The van der Waals surface area contributed by atoms with E-state index in [0.717, 1.165) is 40.3 Å². The number of allylic oxidation sites excluding steroid dienone is 2. The molecule has 1 aliphatic carbocycles. The number of anilines is 2. The van der Waals surface area contributed by atoms with Gasteiger partial charge in [-0.05, 0) is 84.5 Å². The summed E-state index contributed by atoms with van der Waals surface area (Å²) < 4.78 is 40.2. The SMILES string of the molecule is Cc1cc(Cl)ccc1NS(=O)(=O)c1ccc2c(c1)[C@H]1C=CC[C@H]1[C@@H](c1ccc3c(c1)OCO3)N2. The van der Waals surface area contributed by atoms with Crippen molar-refractivity contribution in [3.05, 3.63) is 88.5 Å². The van der Waals surface area contributed by atoms with Gasteiger partial charge in [-0.15, -0.1) is 0 Å². The molecule has 0 aromatic heterocycles. The van der Waals surface area contributed by atoms with E-state index in [1.165, 1.54) is 0 Å². The zero-order valence-corrected chi connectivity index (χ0v) is 20.0. The molecule has 2 aliphatic heterocycles. The Kier molecular flexibility index (Phi) is 5.00. The number of nitrogens with one attached hydrogen (secondary N) is 2. The molecule has 0 fully saturated rings. The molecule has 34 heavy (non-hydrogen) atoms. The Balaban J connectivity index is 1.33. The van der Waals surface area contributed by atoms with Crippen LogP contribution in [0.25, 0.3) is 0 Å². The molecule has 0 saturated heterocycles. The average Bonchev–Trinajstić information content (AvgIpc) is 3.49. The number of ether oxygens (including phenoxy) is 2. The van der Waals surface area contributed by atoms with Gasteiger partial charge >= 0.3 is 0 Å². The molecule has 3 aliphatic rings. The van der Waals surface area contributed by atoms with Crippen molar-refractivity contribution in [2.24, 2.45) is 5.92 Å². The van der Waals surface area contributed by atoms with E-state index in [9.17, 15) is 8.42 Å². The van der Waals surface area contributed by atoms with E-state index < -0.39 is 10.0 Å². The molecular weight excluding hydrogens is 472 g/mol. The van der Waals surface area contributed by atoms with Crippen molar-refractivity contribution in [3.8, 4) is 11.5 Å². The van der Waals surface area contributed by atoms with E-state index in [1.807, 2.05) is 25.1 Å². The Hall–Kier alpha value is -3.16. The van der Waals surface area contributed by atoms with E-state index >= 15 is 0 Å². The van der Waals surface area contributed by atoms with Crippen molar-refractivity contribution >= 4 is 33.0 Å². The van der Waals surface area contributed by atoms with E-state index in [1.54, 1.807) is 30.3 Å². The van der Waals surface area contributed by atoms with Crippen molar-refractivity contribution in [3.63, 3.8) is 0 Å². The Morgan fingerprint density at radius 1 is 1.03 bits per heavy atom. The summed E-state index contributed by atoms with van der Waals surface area (Å²) >= 11 is 6.02. The molecule has 0 unspecified atom stereocenters. The number of rotatable bonds is 4. The van der Waals surface area contributed by atoms with Gasteiger partial charge in [-0.1, -0.05) is 29.8 Å². The summed E-state index contributed by atoms with van der Waals surface area (Å²) in [6, 6.07) is 16.5. The van der Waals surface area contributed by atoms with Gasteiger partial charge in [0, 0.05) is 16.6 Å². The molecule has 0 amide bonds. The predicted octanol–water partition coefficient (Wildman–Crippen LogP) is 6.00. The Morgan fingerprint density at radius 2 is 1.88 bits per heavy atom. The van der Waals surface area contributed by atoms with E-state index in [4.69, 9.17) is 21.1 Å². The van der Waals surface area contributed by atoms with E-state index in [2.05, 4.69) is 28.3 Å². The molecule has 6 nitrogen and oxygen atoms in total. The highest BCUT2D eigenvalue weighted by Crippen LogP contribution is 2.51. The summed E-state index contributed by atoms with van der Waals surface area (Å²) in [4.78, 5) is 0.239. The first-order valence-electron chi connectivity index (χ1n) is 11.1. The van der Waals surface area contributed by atoms with Crippen LogP contribution < -0.4 is 19.5 Å². The van der Waals surface area contributed by atoms with Gasteiger partial charge in [0.15, 0.2) is 11.5 Å². The normalized spacial score (nSPS) is 22.1. The number of fused-ring (bicyclic) bond motifs is 4. The Bertz CT molecular complexity index is 1440. The first kappa shape index (κ1) is 21.4. The minimum Gasteiger partial charge on any atom is -0.454 e. The lowest BCUT2D eigenvalue weighted by Gasteiger charge is -2.37. The van der Waals surface area contributed by atoms with Gasteiger partial charge in [0.05, 0.1) is 16.6 Å². The van der Waals surface area contributed by atoms with E-state index in [-0.39, 0.29) is 29.6 Å². The van der Waals surface area contributed by atoms with Crippen LogP contribution in [-0.4, -0.2) is 15.2 Å². The van der Waals surface area contributed by atoms with Crippen LogP contribution in [0.15, 0.2) is 71.6 Å². The maximum Gasteiger partial charge on any atom is 0.261 e. The molecular formula is C26H23ClN2O4S. The molecule has 0 spiro atoms. The molecule has 174 valence electrons. The first-order valence-corrected chi connectivity index (χ1v) is 13.0. The van der Waals surface area contributed by atoms with Gasteiger partial charge in [0.2, 0.25) is 6.79 Å². The van der Waals surface area contributed by atoms with Crippen LogP contribution in [0.1, 0.15) is 35.1 Å². The van der Waals surface area contributed by atoms with Crippen molar-refractivity contribution in [2.45, 2.75) is 30.2 Å². The maximum atomic E-state index is 13.2. The van der Waals surface area contributed by atoms with Crippen LogP contribution in [0.4, 0.5) is 11.4 Å². The lowest BCUT2D eigenvalue weighted by atomic mass is 9.77. The quantitative estimate of drug-likeness (QED) is 0.435. The topological polar surface area (TPSA) is 76.7 Å². The zero-order valence-electron chi connectivity index (χ0n) is 18.4. The monoisotopic (exact) mass is 494 g/mol. The van der Waals surface area contributed by atoms with E-state index in [0.29, 0.717) is 10.7 Å². The molecule has 0 radical (unpaired) electrons. The number of hydrogen-bond donors (Lipinski definition) is 2. The van der Waals surface area contributed by atoms with Crippen LogP contribution in [0, 0.1) is 12.8 Å². The number of benzene rings is 3. The van der Waals surface area contributed by atoms with Gasteiger partial charge in [0.1, 0.15) is 0 Å². The smallest absolute Gasteiger partial charge is 0.261 e.